The van der Waals surface area contributed by atoms with E-state index in [1.165, 1.54) is 19.3 Å². The van der Waals surface area contributed by atoms with Crippen LogP contribution in [0.25, 0.3) is 0 Å². The van der Waals surface area contributed by atoms with E-state index in [4.69, 9.17) is 0 Å². The molecule has 0 aromatic rings. The van der Waals surface area contributed by atoms with E-state index in [2.05, 4.69) is 5.32 Å². The maximum absolute atomic E-state index is 12.1. The van der Waals surface area contributed by atoms with E-state index in [-0.39, 0.29) is 6.04 Å². The smallest absolute Gasteiger partial charge is 0.214 e. The Morgan fingerprint density at radius 3 is 2.69 bits per heavy atom. The number of hydrogen-bond acceptors (Lipinski definition) is 3. The zero-order valence-electron chi connectivity index (χ0n) is 9.98. The van der Waals surface area contributed by atoms with Crippen LogP contribution in [0.4, 0.5) is 0 Å². The standard InChI is InChI=1S/C11H22N2O2S/c1-10-9-12-6-7-13(10)16(14,15)8-5-11-3-2-4-11/h10-12H,2-9H2,1H3/t10-/m0/s1. The minimum Gasteiger partial charge on any atom is -0.314 e. The highest BCUT2D eigenvalue weighted by Gasteiger charge is 2.30. The van der Waals surface area contributed by atoms with E-state index in [0.717, 1.165) is 19.5 Å². The zero-order chi connectivity index (χ0) is 11.6. The number of rotatable bonds is 4. The molecule has 4 nitrogen and oxygen atoms in total. The molecule has 1 saturated heterocycles. The molecule has 1 aliphatic heterocycles. The molecule has 0 unspecified atom stereocenters. The van der Waals surface area contributed by atoms with Crippen molar-refractivity contribution in [1.29, 1.82) is 0 Å². The molecule has 1 aliphatic carbocycles. The topological polar surface area (TPSA) is 49.4 Å². The molecule has 16 heavy (non-hydrogen) atoms. The average Bonchev–Trinajstić information content (AvgIpc) is 2.15. The van der Waals surface area contributed by atoms with Gasteiger partial charge in [-0.1, -0.05) is 19.3 Å². The molecule has 0 spiro atoms. The van der Waals surface area contributed by atoms with E-state index in [0.29, 0.717) is 18.2 Å². The van der Waals surface area contributed by atoms with Crippen LogP contribution in [0.3, 0.4) is 0 Å². The Labute approximate surface area is 98.4 Å². The molecule has 0 aromatic carbocycles. The van der Waals surface area contributed by atoms with Gasteiger partial charge in [0.05, 0.1) is 5.75 Å². The molecular weight excluding hydrogens is 224 g/mol. The van der Waals surface area contributed by atoms with Gasteiger partial charge in [-0.05, 0) is 19.3 Å². The van der Waals surface area contributed by atoms with Gasteiger partial charge in [-0.15, -0.1) is 0 Å². The molecule has 0 amide bonds. The second kappa shape index (κ2) is 5.02. The summed E-state index contributed by atoms with van der Waals surface area (Å²) in [4.78, 5) is 0. The molecule has 0 bridgehead atoms. The third kappa shape index (κ3) is 2.76. The molecule has 2 rings (SSSR count). The first-order chi connectivity index (χ1) is 7.59. The maximum Gasteiger partial charge on any atom is 0.214 e. The van der Waals surface area contributed by atoms with Gasteiger partial charge >= 0.3 is 0 Å². The first kappa shape index (κ1) is 12.3. The van der Waals surface area contributed by atoms with Gasteiger partial charge in [-0.25, -0.2) is 8.42 Å². The third-order valence-corrected chi connectivity index (χ3v) is 5.82. The van der Waals surface area contributed by atoms with Crippen molar-refractivity contribution in [1.82, 2.24) is 9.62 Å². The fraction of sp³-hybridized carbons (Fsp3) is 1.00. The van der Waals surface area contributed by atoms with Crippen LogP contribution in [-0.4, -0.2) is 44.2 Å². The first-order valence-electron chi connectivity index (χ1n) is 6.30. The molecule has 2 aliphatic rings. The van der Waals surface area contributed by atoms with Crippen LogP contribution in [0, 0.1) is 5.92 Å². The lowest BCUT2D eigenvalue weighted by molar-refractivity contribution is 0.276. The summed E-state index contributed by atoms with van der Waals surface area (Å²) in [6, 6.07) is 0.111. The minimum atomic E-state index is -3.01. The predicted molar refractivity (Wildman–Crippen MR) is 64.8 cm³/mol. The van der Waals surface area contributed by atoms with Crippen molar-refractivity contribution in [2.75, 3.05) is 25.4 Å². The Morgan fingerprint density at radius 2 is 2.12 bits per heavy atom. The molecule has 1 atom stereocenters. The predicted octanol–water partition coefficient (Wildman–Crippen LogP) is 0.800. The number of nitrogens with one attached hydrogen (secondary N) is 1. The fourth-order valence-electron chi connectivity index (χ4n) is 2.45. The number of piperazine rings is 1. The summed E-state index contributed by atoms with van der Waals surface area (Å²) in [6.45, 7) is 4.18. The van der Waals surface area contributed by atoms with Gasteiger partial charge in [-0.2, -0.15) is 4.31 Å². The summed E-state index contributed by atoms with van der Waals surface area (Å²) in [5, 5.41) is 3.22. The summed E-state index contributed by atoms with van der Waals surface area (Å²) in [5.74, 6) is 1.02. The normalized spacial score (nSPS) is 28.9. The molecule has 2 fully saturated rings. The molecule has 1 N–H and O–H groups in total. The molecule has 0 aromatic heterocycles. The van der Waals surface area contributed by atoms with Crippen molar-refractivity contribution in [2.24, 2.45) is 5.92 Å². The highest BCUT2D eigenvalue weighted by molar-refractivity contribution is 7.89. The van der Waals surface area contributed by atoms with E-state index < -0.39 is 10.0 Å². The Hall–Kier alpha value is -0.130. The van der Waals surface area contributed by atoms with Crippen molar-refractivity contribution in [3.63, 3.8) is 0 Å². The van der Waals surface area contributed by atoms with E-state index in [1.807, 2.05) is 6.92 Å². The van der Waals surface area contributed by atoms with Gasteiger partial charge in [-0.3, -0.25) is 0 Å². The molecule has 5 heteroatoms. The monoisotopic (exact) mass is 246 g/mol. The zero-order valence-corrected chi connectivity index (χ0v) is 10.8. The Balaban J connectivity index is 1.88. The SMILES string of the molecule is C[C@H]1CNCCN1S(=O)(=O)CCC1CCC1. The van der Waals surface area contributed by atoms with Crippen molar-refractivity contribution in [2.45, 2.75) is 38.6 Å². The first-order valence-corrected chi connectivity index (χ1v) is 7.91. The van der Waals surface area contributed by atoms with Gasteiger partial charge in [0.2, 0.25) is 10.0 Å². The summed E-state index contributed by atoms with van der Waals surface area (Å²) in [5.41, 5.74) is 0. The summed E-state index contributed by atoms with van der Waals surface area (Å²) in [7, 11) is -3.01. The minimum absolute atomic E-state index is 0.111. The molecule has 94 valence electrons. The Morgan fingerprint density at radius 1 is 1.38 bits per heavy atom. The van der Waals surface area contributed by atoms with Crippen molar-refractivity contribution in [3.8, 4) is 0 Å². The van der Waals surface area contributed by atoms with Gasteiger partial charge in [0, 0.05) is 25.7 Å². The van der Waals surface area contributed by atoms with E-state index in [1.54, 1.807) is 4.31 Å². The highest BCUT2D eigenvalue weighted by Crippen LogP contribution is 2.30. The Bertz CT molecular complexity index is 325. The lowest BCUT2D eigenvalue weighted by Gasteiger charge is -2.34. The quantitative estimate of drug-likeness (QED) is 0.798. The van der Waals surface area contributed by atoms with Crippen LogP contribution in [0.15, 0.2) is 0 Å². The van der Waals surface area contributed by atoms with Crippen LogP contribution in [0.1, 0.15) is 32.6 Å². The van der Waals surface area contributed by atoms with Crippen molar-refractivity contribution < 1.29 is 8.42 Å². The van der Waals surface area contributed by atoms with E-state index in [9.17, 15) is 8.42 Å². The van der Waals surface area contributed by atoms with Crippen molar-refractivity contribution in [3.05, 3.63) is 0 Å². The van der Waals surface area contributed by atoms with Crippen LogP contribution < -0.4 is 5.32 Å². The van der Waals surface area contributed by atoms with Gasteiger partial charge < -0.3 is 5.32 Å². The van der Waals surface area contributed by atoms with Gasteiger partial charge in [0.1, 0.15) is 0 Å². The highest BCUT2D eigenvalue weighted by atomic mass is 32.2. The number of hydrogen-bond donors (Lipinski definition) is 1. The summed E-state index contributed by atoms with van der Waals surface area (Å²) < 4.78 is 26.0. The lowest BCUT2D eigenvalue weighted by atomic mass is 9.84. The second-order valence-electron chi connectivity index (χ2n) is 5.07. The van der Waals surface area contributed by atoms with Crippen LogP contribution in [-0.2, 0) is 10.0 Å². The lowest BCUT2D eigenvalue weighted by Crippen LogP contribution is -2.52. The average molecular weight is 246 g/mol. The summed E-state index contributed by atoms with van der Waals surface area (Å²) in [6.07, 6.45) is 4.60. The van der Waals surface area contributed by atoms with Crippen molar-refractivity contribution >= 4 is 10.0 Å². The van der Waals surface area contributed by atoms with Gasteiger partial charge in [0.25, 0.3) is 0 Å². The maximum atomic E-state index is 12.1. The third-order valence-electron chi connectivity index (χ3n) is 3.81. The van der Waals surface area contributed by atoms with E-state index >= 15 is 0 Å². The van der Waals surface area contributed by atoms with Crippen LogP contribution >= 0.6 is 0 Å². The number of sulfonamides is 1. The second-order valence-corrected chi connectivity index (χ2v) is 7.11. The summed E-state index contributed by atoms with van der Waals surface area (Å²) >= 11 is 0. The van der Waals surface area contributed by atoms with Crippen LogP contribution in [0.5, 0.6) is 0 Å². The fourth-order valence-corrected chi connectivity index (χ4v) is 4.31. The van der Waals surface area contributed by atoms with Gasteiger partial charge in [0.15, 0.2) is 0 Å². The largest absolute Gasteiger partial charge is 0.314 e. The molecular formula is C11H22N2O2S. The molecule has 1 saturated carbocycles. The van der Waals surface area contributed by atoms with Crippen LogP contribution in [0.2, 0.25) is 0 Å². The Kier molecular flexibility index (Phi) is 3.87. The number of nitrogens with zero attached hydrogens (tertiary/aromatic N) is 1. The molecule has 1 heterocycles. The molecule has 0 radical (unpaired) electrons.